The van der Waals surface area contributed by atoms with Crippen LogP contribution in [0.2, 0.25) is 0 Å². The van der Waals surface area contributed by atoms with E-state index in [2.05, 4.69) is 126 Å². The summed E-state index contributed by atoms with van der Waals surface area (Å²) in [6, 6.07) is 11.3. The molecule has 0 saturated carbocycles. The van der Waals surface area contributed by atoms with Crippen molar-refractivity contribution in [1.29, 1.82) is 0 Å². The highest BCUT2D eigenvalue weighted by atomic mass is 14.4. The minimum atomic E-state index is 0.142. The number of hydrogen-bond donors (Lipinski definition) is 0. The van der Waals surface area contributed by atoms with Crippen molar-refractivity contribution in [2.75, 3.05) is 0 Å². The van der Waals surface area contributed by atoms with E-state index in [0.717, 1.165) is 5.92 Å². The van der Waals surface area contributed by atoms with E-state index in [1.54, 1.807) is 0 Å². The summed E-state index contributed by atoms with van der Waals surface area (Å²) in [5.74, 6) is 1.33. The summed E-state index contributed by atoms with van der Waals surface area (Å²) in [4.78, 5) is 0. The molecule has 0 N–H and O–H groups in total. The van der Waals surface area contributed by atoms with Gasteiger partial charge in [0, 0.05) is 0 Å². The molecular formula is C35H64. The molecule has 1 rings (SSSR count). The van der Waals surface area contributed by atoms with Gasteiger partial charge in [0.2, 0.25) is 0 Å². The summed E-state index contributed by atoms with van der Waals surface area (Å²) in [6.07, 6.45) is 9.68. The Morgan fingerprint density at radius 2 is 1.23 bits per heavy atom. The Morgan fingerprint density at radius 1 is 0.743 bits per heavy atom. The van der Waals surface area contributed by atoms with Crippen molar-refractivity contribution in [3.63, 3.8) is 0 Å². The van der Waals surface area contributed by atoms with Crippen LogP contribution in [0.3, 0.4) is 0 Å². The largest absolute Gasteiger partial charge is 0.103 e. The highest BCUT2D eigenvalue weighted by molar-refractivity contribution is 5.22. The van der Waals surface area contributed by atoms with Crippen LogP contribution in [0.25, 0.3) is 0 Å². The fourth-order valence-corrected chi connectivity index (χ4v) is 5.05. The van der Waals surface area contributed by atoms with Gasteiger partial charge in [-0.25, -0.2) is 0 Å². The first-order chi connectivity index (χ1) is 15.9. The van der Waals surface area contributed by atoms with Crippen LogP contribution in [0.1, 0.15) is 147 Å². The van der Waals surface area contributed by atoms with Crippen LogP contribution in [0.4, 0.5) is 0 Å². The Morgan fingerprint density at radius 3 is 1.69 bits per heavy atom. The quantitative estimate of drug-likeness (QED) is 0.230. The molecule has 0 aliphatic heterocycles. The normalized spacial score (nSPS) is 15.1. The van der Waals surface area contributed by atoms with Crippen LogP contribution in [0.5, 0.6) is 0 Å². The maximum Gasteiger partial charge on any atom is -0.0106 e. The van der Waals surface area contributed by atoms with E-state index in [4.69, 9.17) is 0 Å². The van der Waals surface area contributed by atoms with Crippen LogP contribution < -0.4 is 0 Å². The smallest absolute Gasteiger partial charge is 0.0106 e. The van der Waals surface area contributed by atoms with Gasteiger partial charge in [0.15, 0.2) is 0 Å². The van der Waals surface area contributed by atoms with Crippen molar-refractivity contribution in [2.45, 2.75) is 141 Å². The first-order valence-corrected chi connectivity index (χ1v) is 14.6. The lowest BCUT2D eigenvalue weighted by Gasteiger charge is -2.44. The number of rotatable bonds is 14. The van der Waals surface area contributed by atoms with Crippen LogP contribution in [-0.2, 0) is 0 Å². The Kier molecular flexibility index (Phi) is 13.1. The van der Waals surface area contributed by atoms with Crippen molar-refractivity contribution in [3.05, 3.63) is 48.6 Å². The van der Waals surface area contributed by atoms with Crippen molar-refractivity contribution in [3.8, 4) is 0 Å². The molecule has 204 valence electrons. The second kappa shape index (κ2) is 13.5. The standard InChI is InChI=1S/C33H58.C2H6/c1-14-26(3)30(6,7)22-23-31(8,9)28(27-19-17-16-18-20-27)25-29(4,5)21-24-33(12,13)32(10,11)15-2;1-2/h15-20,26,28H,2,14,21-25H2,1,3-13H3;1-2H3. The van der Waals surface area contributed by atoms with Gasteiger partial charge in [0.25, 0.3) is 0 Å². The van der Waals surface area contributed by atoms with Gasteiger partial charge in [0.1, 0.15) is 0 Å². The van der Waals surface area contributed by atoms with Crippen LogP contribution in [0.15, 0.2) is 43.0 Å². The van der Waals surface area contributed by atoms with Gasteiger partial charge >= 0.3 is 0 Å². The first-order valence-electron chi connectivity index (χ1n) is 14.6. The zero-order chi connectivity index (χ0) is 27.7. The van der Waals surface area contributed by atoms with E-state index in [0.29, 0.717) is 16.7 Å². The fourth-order valence-electron chi connectivity index (χ4n) is 5.05. The van der Waals surface area contributed by atoms with Crippen molar-refractivity contribution >= 4 is 0 Å². The van der Waals surface area contributed by atoms with E-state index in [1.807, 2.05) is 13.8 Å². The van der Waals surface area contributed by atoms with Gasteiger partial charge in [-0.1, -0.05) is 140 Å². The summed E-state index contributed by atoms with van der Waals surface area (Å²) in [5, 5.41) is 0. The third-order valence-electron chi connectivity index (χ3n) is 9.94. The number of allylic oxidation sites excluding steroid dienone is 1. The summed E-state index contributed by atoms with van der Waals surface area (Å²) in [5.41, 5.74) is 2.84. The number of hydrogen-bond acceptors (Lipinski definition) is 0. The molecule has 0 saturated heterocycles. The highest BCUT2D eigenvalue weighted by Crippen LogP contribution is 2.51. The molecular weight excluding hydrogens is 420 g/mol. The Hall–Kier alpha value is -1.04. The molecule has 0 aliphatic carbocycles. The molecule has 0 aromatic heterocycles. The second-order valence-electron chi connectivity index (χ2n) is 14.4. The zero-order valence-electron chi connectivity index (χ0n) is 26.6. The van der Waals surface area contributed by atoms with Crippen molar-refractivity contribution in [2.24, 2.45) is 33.0 Å². The van der Waals surface area contributed by atoms with Gasteiger partial charge in [-0.2, -0.15) is 0 Å². The van der Waals surface area contributed by atoms with Gasteiger partial charge in [-0.15, -0.1) is 6.58 Å². The molecule has 0 aliphatic rings. The lowest BCUT2D eigenvalue weighted by atomic mass is 9.60. The molecule has 2 atom stereocenters. The third-order valence-corrected chi connectivity index (χ3v) is 9.94. The molecule has 2 unspecified atom stereocenters. The van der Waals surface area contributed by atoms with Crippen molar-refractivity contribution < 1.29 is 0 Å². The summed E-state index contributed by atoms with van der Waals surface area (Å²) < 4.78 is 0. The molecule has 0 nitrogen and oxygen atoms in total. The topological polar surface area (TPSA) is 0 Å². The SMILES string of the molecule is C=CC(C)(C)C(C)(C)CCC(C)(C)CC(c1ccccc1)C(C)(C)CCC(C)(C)C(C)CC.CC. The van der Waals surface area contributed by atoms with E-state index in [9.17, 15) is 0 Å². The second-order valence-corrected chi connectivity index (χ2v) is 14.4. The molecule has 35 heavy (non-hydrogen) atoms. The molecule has 1 aromatic rings. The average Bonchev–Trinajstić information content (AvgIpc) is 2.81. The lowest BCUT2D eigenvalue weighted by molar-refractivity contribution is 0.101. The molecule has 1 aromatic carbocycles. The number of benzene rings is 1. The van der Waals surface area contributed by atoms with Crippen LogP contribution >= 0.6 is 0 Å². The Labute approximate surface area is 222 Å². The summed E-state index contributed by atoms with van der Waals surface area (Å²) in [7, 11) is 0. The Balaban J connectivity index is 0.00000562. The Bertz CT molecular complexity index is 714. The van der Waals surface area contributed by atoms with Gasteiger partial charge < -0.3 is 0 Å². The van der Waals surface area contributed by atoms with Gasteiger partial charge in [-0.05, 0) is 76.6 Å². The average molecular weight is 485 g/mol. The molecule has 0 heterocycles. The van der Waals surface area contributed by atoms with Gasteiger partial charge in [0.05, 0.1) is 0 Å². The minimum Gasteiger partial charge on any atom is -0.103 e. The molecule has 0 spiro atoms. The fraction of sp³-hybridized carbons (Fsp3) is 0.771. The van der Waals surface area contributed by atoms with E-state index >= 15 is 0 Å². The lowest BCUT2D eigenvalue weighted by Crippen LogP contribution is -2.33. The summed E-state index contributed by atoms with van der Waals surface area (Å²) in [6.45, 7) is 37.4. The molecule has 0 fully saturated rings. The summed E-state index contributed by atoms with van der Waals surface area (Å²) >= 11 is 0. The highest BCUT2D eigenvalue weighted by Gasteiger charge is 2.39. The van der Waals surface area contributed by atoms with E-state index < -0.39 is 0 Å². The first kappa shape index (κ1) is 34.0. The van der Waals surface area contributed by atoms with Gasteiger partial charge in [-0.3, -0.25) is 0 Å². The van der Waals surface area contributed by atoms with E-state index in [-0.39, 0.29) is 16.2 Å². The third kappa shape index (κ3) is 10.1. The zero-order valence-corrected chi connectivity index (χ0v) is 26.6. The maximum atomic E-state index is 4.12. The van der Waals surface area contributed by atoms with Crippen LogP contribution in [0, 0.1) is 33.0 Å². The molecule has 0 amide bonds. The molecule has 0 radical (unpaired) electrons. The predicted molar refractivity (Wildman–Crippen MR) is 162 cm³/mol. The monoisotopic (exact) mass is 485 g/mol. The molecule has 0 bridgehead atoms. The predicted octanol–water partition coefficient (Wildman–Crippen LogP) is 12.1. The maximum absolute atomic E-state index is 4.12. The van der Waals surface area contributed by atoms with Crippen molar-refractivity contribution in [1.82, 2.24) is 0 Å². The minimum absolute atomic E-state index is 0.142. The van der Waals surface area contributed by atoms with E-state index in [1.165, 1.54) is 44.1 Å². The van der Waals surface area contributed by atoms with Crippen LogP contribution in [-0.4, -0.2) is 0 Å². The molecule has 0 heteroatoms.